The maximum absolute atomic E-state index is 11.9. The van der Waals surface area contributed by atoms with Crippen molar-refractivity contribution >= 4 is 5.78 Å². The van der Waals surface area contributed by atoms with Crippen LogP contribution in [0.3, 0.4) is 0 Å². The molecule has 0 unspecified atom stereocenters. The number of hydrogen-bond acceptors (Lipinski definition) is 3. The molecule has 3 heteroatoms. The summed E-state index contributed by atoms with van der Waals surface area (Å²) in [6.07, 6.45) is 3.96. The number of hydrogen-bond donors (Lipinski definition) is 0. The summed E-state index contributed by atoms with van der Waals surface area (Å²) in [5.74, 6) is 0.192. The minimum absolute atomic E-state index is 0.192. The minimum Gasteiger partial charge on any atom is -0.303 e. The van der Waals surface area contributed by atoms with Crippen LogP contribution in [0.1, 0.15) is 36.2 Å². The molecule has 0 N–H and O–H groups in total. The molecule has 0 saturated heterocycles. The number of carbonyl (C=O) groups excluding carboxylic acids is 1. The zero-order valence-corrected chi connectivity index (χ0v) is 10.4. The molecule has 0 atom stereocenters. The van der Waals surface area contributed by atoms with Gasteiger partial charge in [0.15, 0.2) is 5.78 Å². The van der Waals surface area contributed by atoms with Gasteiger partial charge in [0.05, 0.1) is 0 Å². The predicted octanol–water partition coefficient (Wildman–Crippen LogP) is 2.30. The summed E-state index contributed by atoms with van der Waals surface area (Å²) in [5.41, 5.74) is 1.77. The zero-order chi connectivity index (χ0) is 12.0. The third-order valence-electron chi connectivity index (χ3n) is 2.89. The number of ketones is 1. The van der Waals surface area contributed by atoms with Crippen molar-refractivity contribution in [1.82, 2.24) is 9.88 Å². The first-order chi connectivity index (χ1) is 7.69. The van der Waals surface area contributed by atoms with Crippen LogP contribution >= 0.6 is 0 Å². The van der Waals surface area contributed by atoms with Crippen LogP contribution in [-0.4, -0.2) is 35.3 Å². The number of rotatable bonds is 6. The molecule has 0 aliphatic rings. The standard InChI is InChI=1S/C13H20N2O/c1-4-15(5-2)9-7-13(16)12-10-14-8-6-11(12)3/h6,8,10H,4-5,7,9H2,1-3H3. The molecule has 0 radical (unpaired) electrons. The van der Waals surface area contributed by atoms with Crippen LogP contribution in [0.5, 0.6) is 0 Å². The van der Waals surface area contributed by atoms with E-state index >= 15 is 0 Å². The summed E-state index contributed by atoms with van der Waals surface area (Å²) in [6.45, 7) is 9.00. The molecule has 1 heterocycles. The molecule has 1 aromatic heterocycles. The average Bonchev–Trinajstić information content (AvgIpc) is 2.30. The highest BCUT2D eigenvalue weighted by molar-refractivity contribution is 5.97. The lowest BCUT2D eigenvalue weighted by Gasteiger charge is -2.17. The van der Waals surface area contributed by atoms with Crippen LogP contribution in [-0.2, 0) is 0 Å². The number of aryl methyl sites for hydroxylation is 1. The molecule has 0 aliphatic heterocycles. The number of pyridine rings is 1. The molecule has 0 bridgehead atoms. The minimum atomic E-state index is 0.192. The molecule has 0 amide bonds. The Balaban J connectivity index is 2.56. The summed E-state index contributed by atoms with van der Waals surface area (Å²) in [5, 5.41) is 0. The maximum atomic E-state index is 11.9. The van der Waals surface area contributed by atoms with Crippen molar-refractivity contribution in [2.45, 2.75) is 27.2 Å². The molecule has 1 rings (SSSR count). The van der Waals surface area contributed by atoms with Crippen molar-refractivity contribution in [1.29, 1.82) is 0 Å². The molecule has 16 heavy (non-hydrogen) atoms. The first-order valence-corrected chi connectivity index (χ1v) is 5.85. The Morgan fingerprint density at radius 2 is 2.06 bits per heavy atom. The lowest BCUT2D eigenvalue weighted by molar-refractivity contribution is 0.0965. The molecule has 1 aromatic rings. The van der Waals surface area contributed by atoms with Crippen molar-refractivity contribution in [3.63, 3.8) is 0 Å². The summed E-state index contributed by atoms with van der Waals surface area (Å²) in [4.78, 5) is 18.2. The quantitative estimate of drug-likeness (QED) is 0.690. The van der Waals surface area contributed by atoms with E-state index in [1.807, 2.05) is 13.0 Å². The zero-order valence-electron chi connectivity index (χ0n) is 10.4. The van der Waals surface area contributed by atoms with E-state index in [1.165, 1.54) is 0 Å². The van der Waals surface area contributed by atoms with Gasteiger partial charge >= 0.3 is 0 Å². The summed E-state index contributed by atoms with van der Waals surface area (Å²) in [6, 6.07) is 1.88. The summed E-state index contributed by atoms with van der Waals surface area (Å²) in [7, 11) is 0. The van der Waals surface area contributed by atoms with Crippen molar-refractivity contribution in [2.24, 2.45) is 0 Å². The molecular formula is C13H20N2O. The maximum Gasteiger partial charge on any atom is 0.165 e. The van der Waals surface area contributed by atoms with E-state index in [2.05, 4.69) is 23.7 Å². The van der Waals surface area contributed by atoms with Gasteiger partial charge in [-0.05, 0) is 31.6 Å². The Bertz CT molecular complexity index is 346. The second-order valence-corrected chi connectivity index (χ2v) is 3.89. The Kier molecular flexibility index (Phi) is 5.12. The highest BCUT2D eigenvalue weighted by atomic mass is 16.1. The van der Waals surface area contributed by atoms with E-state index in [9.17, 15) is 4.79 Å². The van der Waals surface area contributed by atoms with Gasteiger partial charge in [-0.2, -0.15) is 0 Å². The number of nitrogens with zero attached hydrogens (tertiary/aromatic N) is 2. The largest absolute Gasteiger partial charge is 0.303 e. The number of Topliss-reactive ketones (excluding diaryl/α,β-unsaturated/α-hetero) is 1. The summed E-state index contributed by atoms with van der Waals surface area (Å²) >= 11 is 0. The molecular weight excluding hydrogens is 200 g/mol. The van der Waals surface area contributed by atoms with Crippen molar-refractivity contribution in [3.8, 4) is 0 Å². The second-order valence-electron chi connectivity index (χ2n) is 3.89. The SMILES string of the molecule is CCN(CC)CCC(=O)c1cnccc1C. The fraction of sp³-hybridized carbons (Fsp3) is 0.538. The smallest absolute Gasteiger partial charge is 0.165 e. The van der Waals surface area contributed by atoms with Crippen LogP contribution in [0.4, 0.5) is 0 Å². The van der Waals surface area contributed by atoms with Gasteiger partial charge in [-0.25, -0.2) is 0 Å². The van der Waals surface area contributed by atoms with Crippen LogP contribution in [0.15, 0.2) is 18.5 Å². The van der Waals surface area contributed by atoms with Crippen molar-refractivity contribution < 1.29 is 4.79 Å². The van der Waals surface area contributed by atoms with Crippen LogP contribution in [0.2, 0.25) is 0 Å². The Morgan fingerprint density at radius 1 is 1.38 bits per heavy atom. The number of aromatic nitrogens is 1. The van der Waals surface area contributed by atoms with Gasteiger partial charge in [-0.3, -0.25) is 9.78 Å². The molecule has 0 aromatic carbocycles. The fourth-order valence-electron chi connectivity index (χ4n) is 1.69. The molecule has 3 nitrogen and oxygen atoms in total. The van der Waals surface area contributed by atoms with Gasteiger partial charge in [-0.1, -0.05) is 13.8 Å². The highest BCUT2D eigenvalue weighted by Crippen LogP contribution is 2.08. The first-order valence-electron chi connectivity index (χ1n) is 5.85. The molecule has 88 valence electrons. The van der Waals surface area contributed by atoms with E-state index in [4.69, 9.17) is 0 Å². The van der Waals surface area contributed by atoms with Gasteiger partial charge in [0.2, 0.25) is 0 Å². The highest BCUT2D eigenvalue weighted by Gasteiger charge is 2.10. The van der Waals surface area contributed by atoms with Gasteiger partial charge in [0.1, 0.15) is 0 Å². The van der Waals surface area contributed by atoms with Crippen molar-refractivity contribution in [2.75, 3.05) is 19.6 Å². The number of carbonyl (C=O) groups is 1. The van der Waals surface area contributed by atoms with Crippen LogP contribution < -0.4 is 0 Å². The average molecular weight is 220 g/mol. The predicted molar refractivity (Wildman–Crippen MR) is 65.7 cm³/mol. The second kappa shape index (κ2) is 6.38. The summed E-state index contributed by atoms with van der Waals surface area (Å²) < 4.78 is 0. The van der Waals surface area contributed by atoms with E-state index in [-0.39, 0.29) is 5.78 Å². The van der Waals surface area contributed by atoms with E-state index in [0.29, 0.717) is 6.42 Å². The van der Waals surface area contributed by atoms with E-state index in [1.54, 1.807) is 12.4 Å². The lowest BCUT2D eigenvalue weighted by Crippen LogP contribution is -2.25. The van der Waals surface area contributed by atoms with Gasteiger partial charge in [-0.15, -0.1) is 0 Å². The normalized spacial score (nSPS) is 10.8. The van der Waals surface area contributed by atoms with E-state index in [0.717, 1.165) is 30.8 Å². The Labute approximate surface area is 97.5 Å². The molecule has 0 aliphatic carbocycles. The van der Waals surface area contributed by atoms with E-state index < -0.39 is 0 Å². The molecule has 0 fully saturated rings. The molecule has 0 saturated carbocycles. The third kappa shape index (κ3) is 3.42. The monoisotopic (exact) mass is 220 g/mol. The first kappa shape index (κ1) is 12.8. The lowest BCUT2D eigenvalue weighted by atomic mass is 10.1. The van der Waals surface area contributed by atoms with Gasteiger partial charge in [0.25, 0.3) is 0 Å². The Morgan fingerprint density at radius 3 is 2.62 bits per heavy atom. The topological polar surface area (TPSA) is 33.2 Å². The van der Waals surface area contributed by atoms with Crippen molar-refractivity contribution in [3.05, 3.63) is 29.6 Å². The van der Waals surface area contributed by atoms with Crippen LogP contribution in [0, 0.1) is 6.92 Å². The van der Waals surface area contributed by atoms with Gasteiger partial charge in [0, 0.05) is 30.9 Å². The fourth-order valence-corrected chi connectivity index (χ4v) is 1.69. The molecule has 0 spiro atoms. The van der Waals surface area contributed by atoms with Gasteiger partial charge < -0.3 is 4.90 Å². The van der Waals surface area contributed by atoms with Crippen LogP contribution in [0.25, 0.3) is 0 Å². The third-order valence-corrected chi connectivity index (χ3v) is 2.89. The Hall–Kier alpha value is -1.22.